The van der Waals surface area contributed by atoms with E-state index in [1.54, 1.807) is 58.9 Å². The Balaban J connectivity index is 2.92. The van der Waals surface area contributed by atoms with Crippen molar-refractivity contribution >= 4 is 29.8 Å². The molecule has 11 heteroatoms. The first kappa shape index (κ1) is 30.4. The van der Waals surface area contributed by atoms with Gasteiger partial charge < -0.3 is 30.2 Å². The Bertz CT molecular complexity index is 883. The third-order valence-electron chi connectivity index (χ3n) is 4.56. The number of ether oxygens (including phenoxy) is 3. The third-order valence-corrected chi connectivity index (χ3v) is 4.56. The van der Waals surface area contributed by atoms with Crippen LogP contribution in [0.1, 0.15) is 53.0 Å². The lowest BCUT2D eigenvalue weighted by Gasteiger charge is -2.23. The van der Waals surface area contributed by atoms with Crippen LogP contribution in [0.15, 0.2) is 30.3 Å². The fourth-order valence-electron chi connectivity index (χ4n) is 3.03. The average Bonchev–Trinajstić information content (AvgIpc) is 2.79. The number of hydrogen-bond acceptors (Lipinski definition) is 8. The van der Waals surface area contributed by atoms with Crippen molar-refractivity contribution < 1.29 is 38.2 Å². The first-order valence-corrected chi connectivity index (χ1v) is 11.9. The minimum atomic E-state index is -1.11. The Morgan fingerprint density at radius 2 is 1.53 bits per heavy atom. The number of rotatable bonds is 13. The Kier molecular flexibility index (Phi) is 13.0. The van der Waals surface area contributed by atoms with E-state index in [1.807, 2.05) is 6.07 Å². The van der Waals surface area contributed by atoms with Gasteiger partial charge in [-0.15, -0.1) is 0 Å². The SMILES string of the molecule is CCOC(=O)CCC(NC(=O)C(Cc1ccccc1)NC(=O)CNC(=O)OC(C)(C)C)C(=O)OCC. The lowest BCUT2D eigenvalue weighted by Crippen LogP contribution is -2.54. The number of hydrogen-bond donors (Lipinski definition) is 3. The fourth-order valence-corrected chi connectivity index (χ4v) is 3.03. The summed E-state index contributed by atoms with van der Waals surface area (Å²) in [6.45, 7) is 8.22. The van der Waals surface area contributed by atoms with Gasteiger partial charge in [0.15, 0.2) is 0 Å². The summed E-state index contributed by atoms with van der Waals surface area (Å²) in [6, 6.07) is 6.78. The summed E-state index contributed by atoms with van der Waals surface area (Å²) in [5.41, 5.74) is 0.0272. The van der Waals surface area contributed by atoms with E-state index in [1.165, 1.54) is 0 Å². The summed E-state index contributed by atoms with van der Waals surface area (Å²) in [5.74, 6) is -2.49. The van der Waals surface area contributed by atoms with Crippen molar-refractivity contribution in [3.63, 3.8) is 0 Å². The summed E-state index contributed by atoms with van der Waals surface area (Å²) in [5, 5.41) is 7.49. The molecule has 0 aliphatic heterocycles. The smallest absolute Gasteiger partial charge is 0.408 e. The maximum Gasteiger partial charge on any atom is 0.408 e. The highest BCUT2D eigenvalue weighted by molar-refractivity contribution is 5.92. The summed E-state index contributed by atoms with van der Waals surface area (Å²) in [7, 11) is 0. The molecule has 1 aromatic carbocycles. The second-order valence-electron chi connectivity index (χ2n) is 8.82. The lowest BCUT2D eigenvalue weighted by molar-refractivity contribution is -0.149. The van der Waals surface area contributed by atoms with E-state index in [4.69, 9.17) is 14.2 Å². The minimum absolute atomic E-state index is 0.0321. The van der Waals surface area contributed by atoms with Crippen LogP contribution in [0.25, 0.3) is 0 Å². The molecule has 0 radical (unpaired) electrons. The van der Waals surface area contributed by atoms with Crippen molar-refractivity contribution in [3.05, 3.63) is 35.9 Å². The molecular formula is C25H37N3O8. The average molecular weight is 508 g/mol. The van der Waals surface area contributed by atoms with E-state index in [0.717, 1.165) is 5.56 Å². The molecule has 11 nitrogen and oxygen atoms in total. The van der Waals surface area contributed by atoms with E-state index in [-0.39, 0.29) is 32.5 Å². The molecule has 1 aromatic rings. The van der Waals surface area contributed by atoms with Crippen LogP contribution in [-0.4, -0.2) is 67.3 Å². The van der Waals surface area contributed by atoms with Crippen molar-refractivity contribution in [3.8, 4) is 0 Å². The summed E-state index contributed by atoms with van der Waals surface area (Å²) >= 11 is 0. The predicted octanol–water partition coefficient (Wildman–Crippen LogP) is 1.63. The number of amides is 3. The van der Waals surface area contributed by atoms with Gasteiger partial charge in [0.05, 0.1) is 13.2 Å². The fraction of sp³-hybridized carbons (Fsp3) is 0.560. The molecule has 3 N–H and O–H groups in total. The zero-order valence-electron chi connectivity index (χ0n) is 21.6. The molecule has 200 valence electrons. The lowest BCUT2D eigenvalue weighted by atomic mass is 10.0. The molecule has 0 saturated heterocycles. The molecule has 0 aliphatic rings. The Morgan fingerprint density at radius 3 is 2.11 bits per heavy atom. The van der Waals surface area contributed by atoms with Crippen LogP contribution in [0, 0.1) is 0 Å². The predicted molar refractivity (Wildman–Crippen MR) is 131 cm³/mol. The first-order valence-electron chi connectivity index (χ1n) is 11.9. The normalized spacial score (nSPS) is 12.5. The highest BCUT2D eigenvalue weighted by atomic mass is 16.6. The van der Waals surface area contributed by atoms with Crippen molar-refractivity contribution in [2.24, 2.45) is 0 Å². The maximum atomic E-state index is 13.1. The highest BCUT2D eigenvalue weighted by Gasteiger charge is 2.28. The molecule has 36 heavy (non-hydrogen) atoms. The zero-order valence-corrected chi connectivity index (χ0v) is 21.6. The number of alkyl carbamates (subject to hydrolysis) is 1. The van der Waals surface area contributed by atoms with Crippen molar-refractivity contribution in [2.75, 3.05) is 19.8 Å². The maximum absolute atomic E-state index is 13.1. The zero-order chi connectivity index (χ0) is 27.1. The van der Waals surface area contributed by atoms with Gasteiger partial charge in [-0.3, -0.25) is 14.4 Å². The number of esters is 2. The molecule has 0 aliphatic carbocycles. The van der Waals surface area contributed by atoms with Gasteiger partial charge >= 0.3 is 18.0 Å². The van der Waals surface area contributed by atoms with Crippen LogP contribution in [0.4, 0.5) is 4.79 Å². The second-order valence-corrected chi connectivity index (χ2v) is 8.82. The van der Waals surface area contributed by atoms with Gasteiger partial charge in [0.2, 0.25) is 11.8 Å². The highest BCUT2D eigenvalue weighted by Crippen LogP contribution is 2.08. The summed E-state index contributed by atoms with van der Waals surface area (Å²) in [4.78, 5) is 61.7. The topological polar surface area (TPSA) is 149 Å². The first-order chi connectivity index (χ1) is 16.9. The molecule has 0 aromatic heterocycles. The van der Waals surface area contributed by atoms with Crippen LogP contribution in [0.3, 0.4) is 0 Å². The number of carbonyl (C=O) groups excluding carboxylic acids is 5. The van der Waals surface area contributed by atoms with Crippen LogP contribution in [0.2, 0.25) is 0 Å². The van der Waals surface area contributed by atoms with Crippen LogP contribution >= 0.6 is 0 Å². The standard InChI is InChI=1S/C25H37N3O8/c1-6-34-21(30)14-13-18(23(32)35-7-2)28-22(31)19(15-17-11-9-8-10-12-17)27-20(29)16-26-24(33)36-25(3,4)5/h8-12,18-19H,6-7,13-16H2,1-5H3,(H,26,33)(H,27,29)(H,28,31). The Hall–Kier alpha value is -3.63. The molecule has 0 heterocycles. The summed E-state index contributed by atoms with van der Waals surface area (Å²) < 4.78 is 15.0. The van der Waals surface area contributed by atoms with E-state index >= 15 is 0 Å². The largest absolute Gasteiger partial charge is 0.466 e. The monoisotopic (exact) mass is 507 g/mol. The van der Waals surface area contributed by atoms with Crippen molar-refractivity contribution in [1.82, 2.24) is 16.0 Å². The van der Waals surface area contributed by atoms with Gasteiger partial charge in [-0.05, 0) is 46.6 Å². The quantitative estimate of drug-likeness (QED) is 0.269. The van der Waals surface area contributed by atoms with Crippen molar-refractivity contribution in [2.45, 2.75) is 71.6 Å². The summed E-state index contributed by atoms with van der Waals surface area (Å²) in [6.07, 6.45) is -0.788. The van der Waals surface area contributed by atoms with Gasteiger partial charge in [0, 0.05) is 12.8 Å². The number of carbonyl (C=O) groups is 5. The molecule has 0 spiro atoms. The number of benzene rings is 1. The van der Waals surface area contributed by atoms with E-state index in [9.17, 15) is 24.0 Å². The van der Waals surface area contributed by atoms with Crippen LogP contribution in [0.5, 0.6) is 0 Å². The molecule has 0 saturated carbocycles. The van der Waals surface area contributed by atoms with Gasteiger partial charge in [-0.2, -0.15) is 0 Å². The number of nitrogens with one attached hydrogen (secondary N) is 3. The van der Waals surface area contributed by atoms with E-state index < -0.39 is 54.1 Å². The Morgan fingerprint density at radius 1 is 0.889 bits per heavy atom. The molecule has 3 amide bonds. The third kappa shape index (κ3) is 12.7. The Labute approximate surface area is 211 Å². The van der Waals surface area contributed by atoms with Gasteiger partial charge in [0.1, 0.15) is 24.2 Å². The van der Waals surface area contributed by atoms with Crippen molar-refractivity contribution in [1.29, 1.82) is 0 Å². The van der Waals surface area contributed by atoms with Gasteiger partial charge in [-0.1, -0.05) is 30.3 Å². The molecule has 2 unspecified atom stereocenters. The van der Waals surface area contributed by atoms with Crippen LogP contribution < -0.4 is 16.0 Å². The van der Waals surface area contributed by atoms with Gasteiger partial charge in [-0.25, -0.2) is 9.59 Å². The second kappa shape index (κ2) is 15.4. The molecular weight excluding hydrogens is 470 g/mol. The molecule has 0 bridgehead atoms. The minimum Gasteiger partial charge on any atom is -0.466 e. The van der Waals surface area contributed by atoms with E-state index in [0.29, 0.717) is 0 Å². The van der Waals surface area contributed by atoms with E-state index in [2.05, 4.69) is 16.0 Å². The molecule has 0 fully saturated rings. The molecule has 1 rings (SSSR count). The van der Waals surface area contributed by atoms with Gasteiger partial charge in [0.25, 0.3) is 0 Å². The van der Waals surface area contributed by atoms with Crippen LogP contribution in [-0.2, 0) is 39.8 Å². The molecule has 2 atom stereocenters.